The van der Waals surface area contributed by atoms with Crippen LogP contribution in [0, 0.1) is 5.92 Å². The molecular formula is C21H27N5O2. The Kier molecular flexibility index (Phi) is 4.61. The lowest BCUT2D eigenvalue weighted by molar-refractivity contribution is 0.457. The fraction of sp³-hybridized carbons (Fsp3) is 0.476. The normalized spacial score (nSPS) is 16.6. The molecule has 28 heavy (non-hydrogen) atoms. The van der Waals surface area contributed by atoms with Gasteiger partial charge in [0.1, 0.15) is 0 Å². The molecule has 0 N–H and O–H groups in total. The first kappa shape index (κ1) is 18.5. The second-order valence-corrected chi connectivity index (χ2v) is 7.73. The molecule has 0 saturated carbocycles. The molecule has 0 unspecified atom stereocenters. The van der Waals surface area contributed by atoms with E-state index in [1.807, 2.05) is 11.5 Å². The first-order chi connectivity index (χ1) is 13.5. The molecule has 7 heteroatoms. The van der Waals surface area contributed by atoms with Crippen molar-refractivity contribution in [3.8, 4) is 0 Å². The van der Waals surface area contributed by atoms with Crippen LogP contribution in [-0.2, 0) is 26.6 Å². The summed E-state index contributed by atoms with van der Waals surface area (Å²) in [7, 11) is 1.69. The SMILES string of the molecule is CCCn1c(=O)c2c(nc3n2C[C@@H](C)CN3c2ccc(CC)cc2)n(C)c1=O. The average molecular weight is 381 g/mol. The van der Waals surface area contributed by atoms with E-state index in [9.17, 15) is 9.59 Å². The number of fused-ring (bicyclic) bond motifs is 3. The lowest BCUT2D eigenvalue weighted by atomic mass is 10.1. The van der Waals surface area contributed by atoms with Gasteiger partial charge in [0.05, 0.1) is 0 Å². The number of nitrogens with zero attached hydrogens (tertiary/aromatic N) is 5. The summed E-state index contributed by atoms with van der Waals surface area (Å²) < 4.78 is 4.82. The van der Waals surface area contributed by atoms with E-state index in [2.05, 4.69) is 43.0 Å². The van der Waals surface area contributed by atoms with E-state index < -0.39 is 0 Å². The van der Waals surface area contributed by atoms with Gasteiger partial charge >= 0.3 is 5.69 Å². The third-order valence-electron chi connectivity index (χ3n) is 5.55. The second-order valence-electron chi connectivity index (χ2n) is 7.73. The van der Waals surface area contributed by atoms with E-state index >= 15 is 0 Å². The third-order valence-corrected chi connectivity index (χ3v) is 5.55. The summed E-state index contributed by atoms with van der Waals surface area (Å²) in [6.07, 6.45) is 1.72. The average Bonchev–Trinajstić information content (AvgIpc) is 3.08. The van der Waals surface area contributed by atoms with Crippen LogP contribution < -0.4 is 16.1 Å². The van der Waals surface area contributed by atoms with Gasteiger partial charge in [-0.1, -0.05) is 32.9 Å². The van der Waals surface area contributed by atoms with Crippen LogP contribution in [-0.4, -0.2) is 25.2 Å². The maximum absolute atomic E-state index is 13.1. The van der Waals surface area contributed by atoms with Crippen LogP contribution in [0.5, 0.6) is 0 Å². The van der Waals surface area contributed by atoms with Crippen molar-refractivity contribution in [1.29, 1.82) is 0 Å². The zero-order valence-corrected chi connectivity index (χ0v) is 17.0. The number of hydrogen-bond donors (Lipinski definition) is 0. The molecule has 1 aliphatic heterocycles. The minimum absolute atomic E-state index is 0.242. The highest BCUT2D eigenvalue weighted by Gasteiger charge is 2.29. The number of rotatable bonds is 4. The Morgan fingerprint density at radius 1 is 1.11 bits per heavy atom. The van der Waals surface area contributed by atoms with Crippen molar-refractivity contribution in [3.05, 3.63) is 50.7 Å². The Morgan fingerprint density at radius 2 is 1.82 bits per heavy atom. The van der Waals surface area contributed by atoms with E-state index in [1.165, 1.54) is 14.7 Å². The molecule has 4 rings (SSSR count). The monoisotopic (exact) mass is 381 g/mol. The van der Waals surface area contributed by atoms with Crippen molar-refractivity contribution in [2.24, 2.45) is 13.0 Å². The maximum Gasteiger partial charge on any atom is 0.332 e. The molecule has 0 aliphatic carbocycles. The number of imidazole rings is 1. The molecule has 1 atom stereocenters. The van der Waals surface area contributed by atoms with Crippen molar-refractivity contribution >= 4 is 22.8 Å². The van der Waals surface area contributed by atoms with Gasteiger partial charge in [-0.15, -0.1) is 0 Å². The van der Waals surface area contributed by atoms with Gasteiger partial charge < -0.3 is 9.47 Å². The Labute approximate surface area is 163 Å². The molecule has 7 nitrogen and oxygen atoms in total. The minimum atomic E-state index is -0.304. The number of anilines is 2. The van der Waals surface area contributed by atoms with Crippen LogP contribution in [0.15, 0.2) is 33.9 Å². The molecule has 0 spiro atoms. The van der Waals surface area contributed by atoms with Crippen LogP contribution in [0.1, 0.15) is 32.8 Å². The number of aryl methyl sites for hydroxylation is 2. The van der Waals surface area contributed by atoms with Crippen LogP contribution in [0.4, 0.5) is 11.6 Å². The fourth-order valence-electron chi connectivity index (χ4n) is 4.06. The maximum atomic E-state index is 13.1. The standard InChI is InChI=1S/C21H27N5O2/c1-5-11-24-19(27)17-18(23(4)21(24)28)22-20-25(12-14(3)13-26(17)20)16-9-7-15(6-2)8-10-16/h7-10,14H,5-6,11-13H2,1-4H3/t14-/m0/s1. The predicted molar refractivity (Wildman–Crippen MR) is 112 cm³/mol. The molecule has 1 aliphatic rings. The lowest BCUT2D eigenvalue weighted by Gasteiger charge is -2.33. The Hall–Kier alpha value is -2.83. The molecule has 0 fully saturated rings. The summed E-state index contributed by atoms with van der Waals surface area (Å²) in [6, 6.07) is 8.47. The van der Waals surface area contributed by atoms with Crippen LogP contribution in [0.3, 0.4) is 0 Å². The van der Waals surface area contributed by atoms with Gasteiger partial charge in [-0.3, -0.25) is 13.9 Å². The number of benzene rings is 1. The predicted octanol–water partition coefficient (Wildman–Crippen LogP) is 2.66. The quantitative estimate of drug-likeness (QED) is 0.697. The summed E-state index contributed by atoms with van der Waals surface area (Å²) in [5, 5.41) is 0. The highest BCUT2D eigenvalue weighted by Crippen LogP contribution is 2.32. The summed E-state index contributed by atoms with van der Waals surface area (Å²) in [5.41, 5.74) is 2.77. The van der Waals surface area contributed by atoms with Crippen LogP contribution in [0.25, 0.3) is 11.2 Å². The summed E-state index contributed by atoms with van der Waals surface area (Å²) >= 11 is 0. The van der Waals surface area contributed by atoms with Crippen LogP contribution in [0.2, 0.25) is 0 Å². The first-order valence-corrected chi connectivity index (χ1v) is 10.0. The molecule has 0 radical (unpaired) electrons. The molecule has 0 bridgehead atoms. The smallest absolute Gasteiger partial charge is 0.312 e. The second kappa shape index (κ2) is 6.96. The minimum Gasteiger partial charge on any atom is -0.312 e. The largest absolute Gasteiger partial charge is 0.332 e. The molecule has 2 aromatic heterocycles. The van der Waals surface area contributed by atoms with Gasteiger partial charge in [0.2, 0.25) is 5.95 Å². The van der Waals surface area contributed by atoms with Crippen molar-refractivity contribution in [2.45, 2.75) is 46.7 Å². The van der Waals surface area contributed by atoms with Gasteiger partial charge in [-0.25, -0.2) is 4.79 Å². The molecular weight excluding hydrogens is 354 g/mol. The van der Waals surface area contributed by atoms with Crippen molar-refractivity contribution in [1.82, 2.24) is 18.7 Å². The zero-order valence-electron chi connectivity index (χ0n) is 17.0. The van der Waals surface area contributed by atoms with Gasteiger partial charge in [0.25, 0.3) is 5.56 Å². The molecule has 148 valence electrons. The zero-order chi connectivity index (χ0) is 20.0. The number of hydrogen-bond acceptors (Lipinski definition) is 4. The highest BCUT2D eigenvalue weighted by molar-refractivity contribution is 5.77. The third kappa shape index (κ3) is 2.77. The van der Waals surface area contributed by atoms with Gasteiger partial charge in [-0.2, -0.15) is 4.98 Å². The lowest BCUT2D eigenvalue weighted by Crippen LogP contribution is -2.40. The molecule has 0 amide bonds. The van der Waals surface area contributed by atoms with Crippen LogP contribution >= 0.6 is 0 Å². The first-order valence-electron chi connectivity index (χ1n) is 10.0. The summed E-state index contributed by atoms with van der Waals surface area (Å²) in [4.78, 5) is 32.7. The van der Waals surface area contributed by atoms with Crippen molar-refractivity contribution in [2.75, 3.05) is 11.4 Å². The van der Waals surface area contributed by atoms with E-state index in [0.717, 1.165) is 37.6 Å². The Balaban J connectivity index is 1.96. The Morgan fingerprint density at radius 3 is 2.46 bits per heavy atom. The van der Waals surface area contributed by atoms with Crippen molar-refractivity contribution < 1.29 is 0 Å². The molecule has 3 heterocycles. The van der Waals surface area contributed by atoms with E-state index in [0.29, 0.717) is 23.6 Å². The van der Waals surface area contributed by atoms with Gasteiger partial charge in [0, 0.05) is 32.4 Å². The summed E-state index contributed by atoms with van der Waals surface area (Å²) in [5.74, 6) is 1.09. The summed E-state index contributed by atoms with van der Waals surface area (Å²) in [6.45, 7) is 8.24. The number of aromatic nitrogens is 4. The van der Waals surface area contributed by atoms with E-state index in [4.69, 9.17) is 4.98 Å². The van der Waals surface area contributed by atoms with E-state index in [1.54, 1.807) is 7.05 Å². The highest BCUT2D eigenvalue weighted by atomic mass is 16.2. The fourth-order valence-corrected chi connectivity index (χ4v) is 4.06. The topological polar surface area (TPSA) is 65.1 Å². The van der Waals surface area contributed by atoms with Gasteiger partial charge in [-0.05, 0) is 36.5 Å². The molecule has 1 aromatic carbocycles. The molecule has 0 saturated heterocycles. The van der Waals surface area contributed by atoms with Gasteiger partial charge in [0.15, 0.2) is 11.2 Å². The van der Waals surface area contributed by atoms with Crippen molar-refractivity contribution in [3.63, 3.8) is 0 Å². The Bertz CT molecular complexity index is 1140. The van der Waals surface area contributed by atoms with E-state index in [-0.39, 0.29) is 11.2 Å². The molecule has 3 aromatic rings.